The van der Waals surface area contributed by atoms with Crippen LogP contribution in [0.1, 0.15) is 49.7 Å². The monoisotopic (exact) mass is 463 g/mol. The van der Waals surface area contributed by atoms with Gasteiger partial charge in [-0.2, -0.15) is 0 Å². The zero-order valence-corrected chi connectivity index (χ0v) is 20.2. The fourth-order valence-corrected chi connectivity index (χ4v) is 5.01. The van der Waals surface area contributed by atoms with Crippen LogP contribution >= 0.6 is 0 Å². The van der Waals surface area contributed by atoms with Crippen molar-refractivity contribution in [3.63, 3.8) is 0 Å². The summed E-state index contributed by atoms with van der Waals surface area (Å²) >= 11 is 0. The minimum Gasteiger partial charge on any atom is -0.493 e. The first-order valence-electron chi connectivity index (χ1n) is 11.9. The average Bonchev–Trinajstić information content (AvgIpc) is 3.34. The predicted molar refractivity (Wildman–Crippen MR) is 133 cm³/mol. The molecule has 1 aliphatic carbocycles. The normalized spacial score (nSPS) is 14.8. The van der Waals surface area contributed by atoms with Crippen molar-refractivity contribution in [2.45, 2.75) is 57.4 Å². The summed E-state index contributed by atoms with van der Waals surface area (Å²) in [6, 6.07) is 12.0. The molecule has 180 valence electrons. The molecule has 0 aliphatic heterocycles. The number of benzene rings is 2. The van der Waals surface area contributed by atoms with Crippen molar-refractivity contribution >= 4 is 16.8 Å². The molecule has 0 saturated heterocycles. The summed E-state index contributed by atoms with van der Waals surface area (Å²) in [5.74, 6) is 1.04. The van der Waals surface area contributed by atoms with Crippen molar-refractivity contribution < 1.29 is 14.3 Å². The van der Waals surface area contributed by atoms with Crippen LogP contribution in [-0.2, 0) is 16.8 Å². The maximum absolute atomic E-state index is 12.9. The molecule has 0 radical (unpaired) electrons. The number of aryl methyl sites for hydroxylation is 2. The third-order valence-corrected chi connectivity index (χ3v) is 6.95. The molecule has 0 unspecified atom stereocenters. The zero-order chi connectivity index (χ0) is 24.1. The Morgan fingerprint density at radius 2 is 1.85 bits per heavy atom. The van der Waals surface area contributed by atoms with Gasteiger partial charge in [0, 0.05) is 31.0 Å². The molecule has 1 heterocycles. The molecule has 1 amide bonds. The van der Waals surface area contributed by atoms with Crippen LogP contribution in [0, 0.1) is 6.92 Å². The lowest BCUT2D eigenvalue weighted by Crippen LogP contribution is -2.39. The van der Waals surface area contributed by atoms with Crippen LogP contribution < -0.4 is 20.3 Å². The number of nitrogens with one attached hydrogen (secondary N) is 1. The summed E-state index contributed by atoms with van der Waals surface area (Å²) in [5.41, 5.74) is 3.00. The Bertz CT molecular complexity index is 1230. The fraction of sp³-hybridized carbons (Fsp3) is 0.444. The molecule has 0 bridgehead atoms. The SMILES string of the molecule is COc1cc2ncn(CCCC(=O)NCC3(c4cccc(C)c4)CCCC3)c(=O)c2cc1OC. The number of hydrogen-bond acceptors (Lipinski definition) is 5. The van der Waals surface area contributed by atoms with Gasteiger partial charge >= 0.3 is 0 Å². The summed E-state index contributed by atoms with van der Waals surface area (Å²) < 4.78 is 12.2. The standard InChI is InChI=1S/C27H33N3O4/c1-19-8-6-9-20(14-19)27(11-4-5-12-27)17-28-25(31)10-7-13-30-18-29-22-16-24(34-3)23(33-2)15-21(22)26(30)32/h6,8-9,14-16,18H,4-5,7,10-13,17H2,1-3H3,(H,28,31). The largest absolute Gasteiger partial charge is 0.493 e. The molecule has 1 aromatic heterocycles. The van der Waals surface area contributed by atoms with E-state index in [4.69, 9.17) is 9.47 Å². The summed E-state index contributed by atoms with van der Waals surface area (Å²) in [7, 11) is 3.08. The summed E-state index contributed by atoms with van der Waals surface area (Å²) in [4.78, 5) is 30.0. The first-order chi connectivity index (χ1) is 16.5. The second-order valence-electron chi connectivity index (χ2n) is 9.20. The zero-order valence-electron chi connectivity index (χ0n) is 20.2. The van der Waals surface area contributed by atoms with E-state index in [9.17, 15) is 9.59 Å². The number of amides is 1. The maximum atomic E-state index is 12.9. The highest BCUT2D eigenvalue weighted by Gasteiger charge is 2.35. The Hall–Kier alpha value is -3.35. The Balaban J connectivity index is 1.37. The number of nitrogens with zero attached hydrogens (tertiary/aromatic N) is 2. The molecular weight excluding hydrogens is 430 g/mol. The van der Waals surface area contributed by atoms with Crippen molar-refractivity contribution in [1.82, 2.24) is 14.9 Å². The summed E-state index contributed by atoms with van der Waals surface area (Å²) in [5, 5.41) is 3.63. The highest BCUT2D eigenvalue weighted by Crippen LogP contribution is 2.40. The molecule has 7 heteroatoms. The fourth-order valence-electron chi connectivity index (χ4n) is 5.01. The third-order valence-electron chi connectivity index (χ3n) is 6.95. The van der Waals surface area contributed by atoms with Crippen molar-refractivity contribution in [2.75, 3.05) is 20.8 Å². The van der Waals surface area contributed by atoms with Crippen LogP contribution in [0.15, 0.2) is 47.5 Å². The number of carbonyl (C=O) groups is 1. The first-order valence-corrected chi connectivity index (χ1v) is 11.9. The molecule has 1 aliphatic rings. The lowest BCUT2D eigenvalue weighted by molar-refractivity contribution is -0.121. The molecule has 7 nitrogen and oxygen atoms in total. The van der Waals surface area contributed by atoms with Crippen molar-refractivity contribution in [1.29, 1.82) is 0 Å². The van der Waals surface area contributed by atoms with Crippen LogP contribution in [0.5, 0.6) is 11.5 Å². The Morgan fingerprint density at radius 3 is 2.56 bits per heavy atom. The van der Waals surface area contributed by atoms with Gasteiger partial charge in [-0.3, -0.25) is 14.2 Å². The van der Waals surface area contributed by atoms with E-state index in [1.165, 1.54) is 37.4 Å². The highest BCUT2D eigenvalue weighted by molar-refractivity contribution is 5.81. The van der Waals surface area contributed by atoms with Gasteiger partial charge in [0.05, 0.1) is 31.4 Å². The van der Waals surface area contributed by atoms with Gasteiger partial charge in [-0.05, 0) is 37.8 Å². The van der Waals surface area contributed by atoms with E-state index in [-0.39, 0.29) is 16.9 Å². The predicted octanol–water partition coefficient (Wildman–Crippen LogP) is 4.13. The van der Waals surface area contributed by atoms with Gasteiger partial charge < -0.3 is 14.8 Å². The van der Waals surface area contributed by atoms with E-state index in [1.807, 2.05) is 0 Å². The minimum absolute atomic E-state index is 0.0205. The molecule has 0 atom stereocenters. The minimum atomic E-state index is -0.157. The lowest BCUT2D eigenvalue weighted by atomic mass is 9.78. The summed E-state index contributed by atoms with van der Waals surface area (Å²) in [6.45, 7) is 3.20. The Kier molecular flexibility index (Phi) is 7.20. The number of hydrogen-bond donors (Lipinski definition) is 1. The van der Waals surface area contributed by atoms with Crippen LogP contribution in [-0.4, -0.2) is 36.2 Å². The van der Waals surface area contributed by atoms with Crippen LogP contribution in [0.4, 0.5) is 0 Å². The van der Waals surface area contributed by atoms with Gasteiger partial charge in [0.1, 0.15) is 0 Å². The van der Waals surface area contributed by atoms with E-state index < -0.39 is 0 Å². The lowest BCUT2D eigenvalue weighted by Gasteiger charge is -2.30. The van der Waals surface area contributed by atoms with Crippen LogP contribution in [0.3, 0.4) is 0 Å². The molecular formula is C27H33N3O4. The number of methoxy groups -OCH3 is 2. The first kappa shape index (κ1) is 23.8. The molecule has 1 saturated carbocycles. The van der Waals surface area contributed by atoms with Gasteiger partial charge in [-0.15, -0.1) is 0 Å². The van der Waals surface area contributed by atoms with Gasteiger partial charge in [-0.1, -0.05) is 42.7 Å². The van der Waals surface area contributed by atoms with Crippen LogP contribution in [0.2, 0.25) is 0 Å². The van der Waals surface area contributed by atoms with E-state index >= 15 is 0 Å². The number of aromatic nitrogens is 2. The van der Waals surface area contributed by atoms with E-state index in [2.05, 4.69) is 41.5 Å². The van der Waals surface area contributed by atoms with Crippen LogP contribution in [0.25, 0.3) is 10.9 Å². The van der Waals surface area contributed by atoms with E-state index in [0.717, 1.165) is 12.8 Å². The van der Waals surface area contributed by atoms with E-state index in [1.54, 1.807) is 23.8 Å². The molecule has 4 rings (SSSR count). The van der Waals surface area contributed by atoms with Crippen molar-refractivity contribution in [3.05, 3.63) is 64.2 Å². The molecule has 34 heavy (non-hydrogen) atoms. The topological polar surface area (TPSA) is 82.5 Å². The molecule has 1 fully saturated rings. The second kappa shape index (κ2) is 10.3. The molecule has 2 aromatic carbocycles. The number of ether oxygens (including phenoxy) is 2. The molecule has 0 spiro atoms. The smallest absolute Gasteiger partial charge is 0.261 e. The maximum Gasteiger partial charge on any atom is 0.261 e. The van der Waals surface area contributed by atoms with Crippen molar-refractivity contribution in [2.24, 2.45) is 0 Å². The van der Waals surface area contributed by atoms with E-state index in [0.29, 0.717) is 48.3 Å². The Labute approximate surface area is 200 Å². The molecule has 3 aromatic rings. The quantitative estimate of drug-likeness (QED) is 0.516. The number of fused-ring (bicyclic) bond motifs is 1. The Morgan fingerprint density at radius 1 is 1.12 bits per heavy atom. The average molecular weight is 464 g/mol. The highest BCUT2D eigenvalue weighted by atomic mass is 16.5. The third kappa shape index (κ3) is 4.93. The van der Waals surface area contributed by atoms with Crippen molar-refractivity contribution in [3.8, 4) is 11.5 Å². The van der Waals surface area contributed by atoms with Gasteiger partial charge in [0.15, 0.2) is 11.5 Å². The van der Waals surface area contributed by atoms with Gasteiger partial charge in [-0.25, -0.2) is 4.98 Å². The second-order valence-corrected chi connectivity index (χ2v) is 9.20. The van der Waals surface area contributed by atoms with Gasteiger partial charge in [0.2, 0.25) is 5.91 Å². The summed E-state index contributed by atoms with van der Waals surface area (Å²) in [6.07, 6.45) is 7.03. The number of rotatable bonds is 9. The molecule has 1 N–H and O–H groups in total. The van der Waals surface area contributed by atoms with Gasteiger partial charge in [0.25, 0.3) is 5.56 Å². The number of carbonyl (C=O) groups excluding carboxylic acids is 1.